The van der Waals surface area contributed by atoms with Gasteiger partial charge in [-0.15, -0.1) is 11.6 Å². The van der Waals surface area contributed by atoms with Crippen molar-refractivity contribution in [1.82, 2.24) is 0 Å². The average molecular weight is 243 g/mol. The third-order valence-electron chi connectivity index (χ3n) is 2.54. The Morgan fingerprint density at radius 1 is 1.19 bits per heavy atom. The van der Waals surface area contributed by atoms with E-state index in [1.165, 1.54) is 0 Å². The minimum atomic E-state index is 0.604. The zero-order chi connectivity index (χ0) is 11.8. The number of benzene rings is 1. The molecule has 0 fully saturated rings. The van der Waals surface area contributed by atoms with Crippen LogP contribution in [0.15, 0.2) is 24.3 Å². The summed E-state index contributed by atoms with van der Waals surface area (Å²) in [4.78, 5) is 0. The van der Waals surface area contributed by atoms with Gasteiger partial charge < -0.3 is 9.47 Å². The first-order valence-corrected chi connectivity index (χ1v) is 6.13. The lowest BCUT2D eigenvalue weighted by atomic mass is 10.1. The zero-order valence-electron chi connectivity index (χ0n) is 9.91. The molecule has 0 radical (unpaired) electrons. The van der Waals surface area contributed by atoms with E-state index in [2.05, 4.69) is 6.92 Å². The summed E-state index contributed by atoms with van der Waals surface area (Å²) >= 11 is 5.68. The maximum absolute atomic E-state index is 5.68. The van der Waals surface area contributed by atoms with Crippen LogP contribution in [0.4, 0.5) is 0 Å². The molecule has 0 aromatic heterocycles. The van der Waals surface area contributed by atoms with Gasteiger partial charge in [0.05, 0.1) is 13.7 Å². The van der Waals surface area contributed by atoms with Crippen molar-refractivity contribution in [2.24, 2.45) is 5.92 Å². The minimum Gasteiger partial charge on any atom is -0.493 e. The van der Waals surface area contributed by atoms with E-state index in [9.17, 15) is 0 Å². The number of ether oxygens (including phenoxy) is 2. The van der Waals surface area contributed by atoms with Crippen molar-refractivity contribution in [3.8, 4) is 11.5 Å². The smallest absolute Gasteiger partial charge is 0.161 e. The summed E-state index contributed by atoms with van der Waals surface area (Å²) in [7, 11) is 1.65. The van der Waals surface area contributed by atoms with Crippen LogP contribution in [-0.2, 0) is 0 Å². The molecule has 1 rings (SSSR count). The second kappa shape index (κ2) is 7.39. The Bertz CT molecular complexity index is 302. The monoisotopic (exact) mass is 242 g/mol. The van der Waals surface area contributed by atoms with Crippen LogP contribution >= 0.6 is 11.6 Å². The van der Waals surface area contributed by atoms with Crippen molar-refractivity contribution >= 4 is 11.6 Å². The molecular formula is C13H19ClO2. The standard InChI is InChI=1S/C13H19ClO2/c1-11(7-9-14)8-10-16-13-6-4-3-5-12(13)15-2/h3-6,11H,7-10H2,1-2H3. The molecule has 0 N–H and O–H groups in total. The van der Waals surface area contributed by atoms with Crippen LogP contribution in [-0.4, -0.2) is 19.6 Å². The summed E-state index contributed by atoms with van der Waals surface area (Å²) in [6.07, 6.45) is 2.06. The van der Waals surface area contributed by atoms with Gasteiger partial charge in [0.1, 0.15) is 0 Å². The van der Waals surface area contributed by atoms with E-state index in [0.717, 1.165) is 30.2 Å². The Morgan fingerprint density at radius 3 is 2.50 bits per heavy atom. The molecule has 1 aromatic carbocycles. The molecule has 90 valence electrons. The van der Waals surface area contributed by atoms with Gasteiger partial charge in [0.2, 0.25) is 0 Å². The second-order valence-corrected chi connectivity index (χ2v) is 4.25. The predicted molar refractivity (Wildman–Crippen MR) is 67.6 cm³/mol. The topological polar surface area (TPSA) is 18.5 Å². The van der Waals surface area contributed by atoms with Gasteiger partial charge in [-0.1, -0.05) is 19.1 Å². The number of hydrogen-bond donors (Lipinski definition) is 0. The first kappa shape index (κ1) is 13.2. The highest BCUT2D eigenvalue weighted by molar-refractivity contribution is 6.17. The lowest BCUT2D eigenvalue weighted by Crippen LogP contribution is -2.05. The summed E-state index contributed by atoms with van der Waals surface area (Å²) in [5.74, 6) is 2.92. The zero-order valence-corrected chi connectivity index (χ0v) is 10.7. The molecule has 1 aromatic rings. The summed E-state index contributed by atoms with van der Waals surface area (Å²) < 4.78 is 10.9. The van der Waals surface area contributed by atoms with Crippen LogP contribution in [0, 0.1) is 5.92 Å². The fourth-order valence-corrected chi connectivity index (χ4v) is 1.81. The molecule has 0 saturated carbocycles. The lowest BCUT2D eigenvalue weighted by molar-refractivity contribution is 0.267. The molecule has 0 aliphatic heterocycles. The molecule has 1 unspecified atom stereocenters. The van der Waals surface area contributed by atoms with E-state index >= 15 is 0 Å². The highest BCUT2D eigenvalue weighted by atomic mass is 35.5. The van der Waals surface area contributed by atoms with Crippen molar-refractivity contribution in [1.29, 1.82) is 0 Å². The summed E-state index contributed by atoms with van der Waals surface area (Å²) in [5.41, 5.74) is 0. The van der Waals surface area contributed by atoms with E-state index in [1.54, 1.807) is 7.11 Å². The number of rotatable bonds is 7. The van der Waals surface area contributed by atoms with Gasteiger partial charge in [-0.3, -0.25) is 0 Å². The molecule has 0 aliphatic rings. The Morgan fingerprint density at radius 2 is 1.88 bits per heavy atom. The number of methoxy groups -OCH3 is 1. The van der Waals surface area contributed by atoms with Crippen molar-refractivity contribution in [2.75, 3.05) is 19.6 Å². The molecule has 16 heavy (non-hydrogen) atoms. The van der Waals surface area contributed by atoms with E-state index in [1.807, 2.05) is 24.3 Å². The third-order valence-corrected chi connectivity index (χ3v) is 2.76. The molecule has 0 spiro atoms. The maximum atomic E-state index is 5.68. The SMILES string of the molecule is COc1ccccc1OCCC(C)CCCl. The molecular weight excluding hydrogens is 224 g/mol. The van der Waals surface area contributed by atoms with Gasteiger partial charge in [0.15, 0.2) is 11.5 Å². The Hall–Kier alpha value is -0.890. The first-order valence-electron chi connectivity index (χ1n) is 5.59. The quantitative estimate of drug-likeness (QED) is 0.679. The van der Waals surface area contributed by atoms with Crippen molar-refractivity contribution in [2.45, 2.75) is 19.8 Å². The minimum absolute atomic E-state index is 0.604. The van der Waals surface area contributed by atoms with E-state index in [-0.39, 0.29) is 0 Å². The maximum Gasteiger partial charge on any atom is 0.161 e. The molecule has 3 heteroatoms. The van der Waals surface area contributed by atoms with Crippen LogP contribution in [0.5, 0.6) is 11.5 Å². The fourth-order valence-electron chi connectivity index (χ4n) is 1.44. The van der Waals surface area contributed by atoms with Gasteiger partial charge in [-0.2, -0.15) is 0 Å². The third kappa shape index (κ3) is 4.31. The average Bonchev–Trinajstić information content (AvgIpc) is 2.30. The van der Waals surface area contributed by atoms with Crippen LogP contribution in [0.25, 0.3) is 0 Å². The second-order valence-electron chi connectivity index (χ2n) is 3.87. The van der Waals surface area contributed by atoms with E-state index in [4.69, 9.17) is 21.1 Å². The van der Waals surface area contributed by atoms with E-state index < -0.39 is 0 Å². The molecule has 0 amide bonds. The molecule has 0 heterocycles. The van der Waals surface area contributed by atoms with Gasteiger partial charge in [-0.05, 0) is 30.9 Å². The Balaban J connectivity index is 2.36. The Labute approximate surface area is 103 Å². The lowest BCUT2D eigenvalue weighted by Gasteiger charge is -2.12. The highest BCUT2D eigenvalue weighted by Crippen LogP contribution is 2.26. The van der Waals surface area contributed by atoms with Crippen LogP contribution in [0.1, 0.15) is 19.8 Å². The number of para-hydroxylation sites is 2. The fraction of sp³-hybridized carbons (Fsp3) is 0.538. The number of hydrogen-bond acceptors (Lipinski definition) is 2. The van der Waals surface area contributed by atoms with E-state index in [0.29, 0.717) is 12.5 Å². The van der Waals surface area contributed by atoms with Crippen LogP contribution < -0.4 is 9.47 Å². The summed E-state index contributed by atoms with van der Waals surface area (Å²) in [5, 5.41) is 0. The van der Waals surface area contributed by atoms with Crippen molar-refractivity contribution in [3.05, 3.63) is 24.3 Å². The molecule has 1 atom stereocenters. The molecule has 0 aliphatic carbocycles. The summed E-state index contributed by atoms with van der Waals surface area (Å²) in [6, 6.07) is 7.70. The van der Waals surface area contributed by atoms with Gasteiger partial charge in [-0.25, -0.2) is 0 Å². The van der Waals surface area contributed by atoms with Crippen LogP contribution in [0.3, 0.4) is 0 Å². The number of alkyl halides is 1. The van der Waals surface area contributed by atoms with Crippen molar-refractivity contribution < 1.29 is 9.47 Å². The molecule has 0 bridgehead atoms. The Kier molecular flexibility index (Phi) is 6.09. The van der Waals surface area contributed by atoms with Crippen molar-refractivity contribution in [3.63, 3.8) is 0 Å². The number of halogens is 1. The van der Waals surface area contributed by atoms with Gasteiger partial charge in [0.25, 0.3) is 0 Å². The largest absolute Gasteiger partial charge is 0.493 e. The molecule has 0 saturated heterocycles. The highest BCUT2D eigenvalue weighted by Gasteiger charge is 2.04. The summed E-state index contributed by atoms with van der Waals surface area (Å²) in [6.45, 7) is 2.90. The first-order chi connectivity index (χ1) is 7.77. The predicted octanol–water partition coefficient (Wildman–Crippen LogP) is 3.73. The van der Waals surface area contributed by atoms with Crippen LogP contribution in [0.2, 0.25) is 0 Å². The normalized spacial score (nSPS) is 12.2. The molecule has 2 nitrogen and oxygen atoms in total. The van der Waals surface area contributed by atoms with Gasteiger partial charge >= 0.3 is 0 Å². The van der Waals surface area contributed by atoms with Gasteiger partial charge in [0, 0.05) is 5.88 Å².